The summed E-state index contributed by atoms with van der Waals surface area (Å²) in [6, 6.07) is 3.36. The first-order valence-electron chi connectivity index (χ1n) is 5.71. The number of carbonyl (C=O) groups is 1. The van der Waals surface area contributed by atoms with E-state index >= 15 is 0 Å². The van der Waals surface area contributed by atoms with Gasteiger partial charge in [0, 0.05) is 6.54 Å². The second-order valence-electron chi connectivity index (χ2n) is 4.16. The summed E-state index contributed by atoms with van der Waals surface area (Å²) in [5.41, 5.74) is 2.28. The molecule has 5 nitrogen and oxygen atoms in total. The number of nitrogens with one attached hydrogen (secondary N) is 1. The van der Waals surface area contributed by atoms with Crippen molar-refractivity contribution in [1.29, 1.82) is 0 Å². The Kier molecular flexibility index (Phi) is 2.76. The van der Waals surface area contributed by atoms with E-state index in [9.17, 15) is 4.79 Å². The van der Waals surface area contributed by atoms with Gasteiger partial charge in [0.2, 0.25) is 0 Å². The average Bonchev–Trinajstić information content (AvgIpc) is 2.93. The minimum atomic E-state index is -0.151. The molecule has 0 aliphatic carbocycles. The molecule has 0 saturated heterocycles. The van der Waals surface area contributed by atoms with Crippen molar-refractivity contribution < 1.29 is 4.79 Å². The van der Waals surface area contributed by atoms with Crippen LogP contribution >= 0.6 is 11.6 Å². The van der Waals surface area contributed by atoms with E-state index < -0.39 is 0 Å². The van der Waals surface area contributed by atoms with Crippen molar-refractivity contribution in [2.24, 2.45) is 0 Å². The third-order valence-electron chi connectivity index (χ3n) is 2.96. The van der Waals surface area contributed by atoms with Gasteiger partial charge in [-0.2, -0.15) is 5.10 Å². The zero-order valence-corrected chi connectivity index (χ0v) is 10.3. The molecule has 0 aromatic carbocycles. The summed E-state index contributed by atoms with van der Waals surface area (Å²) in [5, 5.41) is 7.38. The quantitative estimate of drug-likeness (QED) is 0.844. The molecular formula is C12H11ClN4O. The molecule has 1 aliphatic rings. The fourth-order valence-electron chi connectivity index (χ4n) is 2.10. The Morgan fingerprint density at radius 2 is 2.28 bits per heavy atom. The first kappa shape index (κ1) is 11.2. The Balaban J connectivity index is 1.80. The summed E-state index contributed by atoms with van der Waals surface area (Å²) in [5.74, 6) is -0.151. The zero-order chi connectivity index (χ0) is 12.5. The number of amides is 1. The van der Waals surface area contributed by atoms with Crippen LogP contribution in [0.3, 0.4) is 0 Å². The standard InChI is InChI=1S/C12H11ClN4O/c13-11-4-3-8(6-14-11)16-12(18)9-7-15-17-5-1-2-10(9)17/h3-4,6-7H,1-2,5H2,(H,16,18). The van der Waals surface area contributed by atoms with E-state index in [1.165, 1.54) is 6.20 Å². The van der Waals surface area contributed by atoms with Gasteiger partial charge in [0.15, 0.2) is 0 Å². The Morgan fingerprint density at radius 3 is 3.06 bits per heavy atom. The first-order valence-corrected chi connectivity index (χ1v) is 6.09. The highest BCUT2D eigenvalue weighted by Gasteiger charge is 2.20. The number of hydrogen-bond donors (Lipinski definition) is 1. The van der Waals surface area contributed by atoms with Crippen LogP contribution in [0, 0.1) is 0 Å². The Hall–Kier alpha value is -1.88. The summed E-state index contributed by atoms with van der Waals surface area (Å²) >= 11 is 5.69. The van der Waals surface area contributed by atoms with Crippen molar-refractivity contribution in [3.63, 3.8) is 0 Å². The Labute approximate surface area is 109 Å². The minimum Gasteiger partial charge on any atom is -0.320 e. The predicted octanol–water partition coefficient (Wildman–Crippen LogP) is 2.13. The summed E-state index contributed by atoms with van der Waals surface area (Å²) in [7, 11) is 0. The van der Waals surface area contributed by atoms with Crippen LogP contribution in [0.4, 0.5) is 5.69 Å². The molecule has 0 fully saturated rings. The van der Waals surface area contributed by atoms with Crippen LogP contribution in [0.1, 0.15) is 22.5 Å². The molecule has 0 saturated carbocycles. The lowest BCUT2D eigenvalue weighted by Gasteiger charge is -2.04. The molecule has 0 bridgehead atoms. The molecule has 0 spiro atoms. The van der Waals surface area contributed by atoms with Gasteiger partial charge in [-0.15, -0.1) is 0 Å². The third-order valence-corrected chi connectivity index (χ3v) is 3.19. The van der Waals surface area contributed by atoms with Gasteiger partial charge in [-0.25, -0.2) is 4.98 Å². The van der Waals surface area contributed by atoms with E-state index in [2.05, 4.69) is 15.4 Å². The molecule has 18 heavy (non-hydrogen) atoms. The monoisotopic (exact) mass is 262 g/mol. The van der Waals surface area contributed by atoms with Crippen molar-refractivity contribution in [2.45, 2.75) is 19.4 Å². The highest BCUT2D eigenvalue weighted by atomic mass is 35.5. The van der Waals surface area contributed by atoms with Crippen LogP contribution < -0.4 is 5.32 Å². The average molecular weight is 263 g/mol. The molecule has 0 unspecified atom stereocenters. The number of anilines is 1. The van der Waals surface area contributed by atoms with E-state index in [0.717, 1.165) is 25.1 Å². The van der Waals surface area contributed by atoms with Gasteiger partial charge in [-0.3, -0.25) is 9.48 Å². The lowest BCUT2D eigenvalue weighted by Crippen LogP contribution is -2.13. The fraction of sp³-hybridized carbons (Fsp3) is 0.250. The van der Waals surface area contributed by atoms with Crippen LogP contribution in [-0.4, -0.2) is 20.7 Å². The summed E-state index contributed by atoms with van der Waals surface area (Å²) in [6.45, 7) is 0.894. The summed E-state index contributed by atoms with van der Waals surface area (Å²) in [6.07, 6.45) is 5.10. The summed E-state index contributed by atoms with van der Waals surface area (Å²) in [4.78, 5) is 16.0. The molecule has 92 valence electrons. The van der Waals surface area contributed by atoms with Crippen LogP contribution in [-0.2, 0) is 13.0 Å². The van der Waals surface area contributed by atoms with Crippen LogP contribution in [0.25, 0.3) is 0 Å². The third kappa shape index (κ3) is 1.97. The number of rotatable bonds is 2. The number of fused-ring (bicyclic) bond motifs is 1. The molecule has 0 radical (unpaired) electrons. The first-order chi connectivity index (χ1) is 8.74. The maximum absolute atomic E-state index is 12.1. The lowest BCUT2D eigenvalue weighted by molar-refractivity contribution is 0.102. The van der Waals surface area contributed by atoms with Crippen LogP contribution in [0.2, 0.25) is 5.15 Å². The molecule has 1 N–H and O–H groups in total. The number of halogens is 1. The Morgan fingerprint density at radius 1 is 1.39 bits per heavy atom. The van der Waals surface area contributed by atoms with E-state index in [1.807, 2.05) is 4.68 Å². The smallest absolute Gasteiger partial charge is 0.259 e. The van der Waals surface area contributed by atoms with Gasteiger partial charge in [0.05, 0.1) is 29.3 Å². The van der Waals surface area contributed by atoms with Gasteiger partial charge >= 0.3 is 0 Å². The molecule has 2 aromatic rings. The normalized spacial score (nSPS) is 13.4. The van der Waals surface area contributed by atoms with E-state index in [-0.39, 0.29) is 5.91 Å². The number of pyridine rings is 1. The molecule has 3 rings (SSSR count). The molecule has 3 heterocycles. The van der Waals surface area contributed by atoms with Crippen LogP contribution in [0.5, 0.6) is 0 Å². The van der Waals surface area contributed by atoms with Gasteiger partial charge in [0.1, 0.15) is 5.15 Å². The molecule has 0 atom stereocenters. The zero-order valence-electron chi connectivity index (χ0n) is 9.56. The molecular weight excluding hydrogens is 252 g/mol. The number of aryl methyl sites for hydroxylation is 1. The predicted molar refractivity (Wildman–Crippen MR) is 67.7 cm³/mol. The number of aromatic nitrogens is 3. The van der Waals surface area contributed by atoms with Gasteiger partial charge in [0.25, 0.3) is 5.91 Å². The van der Waals surface area contributed by atoms with Crippen molar-refractivity contribution >= 4 is 23.2 Å². The molecule has 1 aliphatic heterocycles. The second-order valence-corrected chi connectivity index (χ2v) is 4.54. The van der Waals surface area contributed by atoms with Gasteiger partial charge < -0.3 is 5.32 Å². The largest absolute Gasteiger partial charge is 0.320 e. The number of carbonyl (C=O) groups excluding carboxylic acids is 1. The SMILES string of the molecule is O=C(Nc1ccc(Cl)nc1)c1cnn2c1CCC2. The highest BCUT2D eigenvalue weighted by Crippen LogP contribution is 2.19. The van der Waals surface area contributed by atoms with Crippen molar-refractivity contribution in [1.82, 2.24) is 14.8 Å². The van der Waals surface area contributed by atoms with Crippen molar-refractivity contribution in [3.8, 4) is 0 Å². The maximum Gasteiger partial charge on any atom is 0.259 e. The lowest BCUT2D eigenvalue weighted by atomic mass is 10.2. The Bertz CT molecular complexity index is 591. The van der Waals surface area contributed by atoms with Gasteiger partial charge in [-0.1, -0.05) is 11.6 Å². The van der Waals surface area contributed by atoms with E-state index in [0.29, 0.717) is 16.4 Å². The summed E-state index contributed by atoms with van der Waals surface area (Å²) < 4.78 is 1.88. The minimum absolute atomic E-state index is 0.151. The highest BCUT2D eigenvalue weighted by molar-refractivity contribution is 6.29. The fourth-order valence-corrected chi connectivity index (χ4v) is 2.21. The van der Waals surface area contributed by atoms with Crippen LogP contribution in [0.15, 0.2) is 24.5 Å². The second kappa shape index (κ2) is 4.42. The van der Waals surface area contributed by atoms with Crippen molar-refractivity contribution in [2.75, 3.05) is 5.32 Å². The molecule has 1 amide bonds. The molecule has 2 aromatic heterocycles. The topological polar surface area (TPSA) is 59.8 Å². The van der Waals surface area contributed by atoms with E-state index in [1.54, 1.807) is 18.3 Å². The molecule has 6 heteroatoms. The van der Waals surface area contributed by atoms with E-state index in [4.69, 9.17) is 11.6 Å². The number of hydrogen-bond acceptors (Lipinski definition) is 3. The van der Waals surface area contributed by atoms with Crippen molar-refractivity contribution in [3.05, 3.63) is 40.9 Å². The number of nitrogens with zero attached hydrogens (tertiary/aromatic N) is 3. The van der Waals surface area contributed by atoms with Gasteiger partial charge in [-0.05, 0) is 25.0 Å². The maximum atomic E-state index is 12.1.